The molecule has 0 unspecified atom stereocenters. The van der Waals surface area contributed by atoms with E-state index in [4.69, 9.17) is 5.84 Å². The van der Waals surface area contributed by atoms with Gasteiger partial charge in [0.05, 0.1) is 5.69 Å². The van der Waals surface area contributed by atoms with Gasteiger partial charge in [-0.15, -0.1) is 0 Å². The average Bonchev–Trinajstić information content (AvgIpc) is 2.75. The van der Waals surface area contributed by atoms with Gasteiger partial charge in [-0.2, -0.15) is 5.10 Å². The molecule has 0 radical (unpaired) electrons. The summed E-state index contributed by atoms with van der Waals surface area (Å²) in [5.74, 6) is 6.74. The molecule has 2 rings (SSSR count). The van der Waals surface area contributed by atoms with Gasteiger partial charge in [0.25, 0.3) is 0 Å². The Hall–Kier alpha value is -2.08. The number of pyridine rings is 1. The summed E-state index contributed by atoms with van der Waals surface area (Å²) < 4.78 is 1.80. The van der Waals surface area contributed by atoms with Gasteiger partial charge in [0.2, 0.25) is 0 Å². The van der Waals surface area contributed by atoms with E-state index >= 15 is 0 Å². The van der Waals surface area contributed by atoms with Crippen LogP contribution in [-0.4, -0.2) is 21.3 Å². The van der Waals surface area contributed by atoms with Gasteiger partial charge in [-0.25, -0.2) is 10.8 Å². The molecular formula is C11H16N6. The van der Waals surface area contributed by atoms with Crippen molar-refractivity contribution in [2.45, 2.75) is 6.42 Å². The molecule has 0 fully saturated rings. The topological polar surface area (TPSA) is 80.8 Å². The van der Waals surface area contributed by atoms with Crippen molar-refractivity contribution >= 4 is 11.6 Å². The summed E-state index contributed by atoms with van der Waals surface area (Å²) in [5.41, 5.74) is 3.58. The maximum atomic E-state index is 5.29. The number of nitrogens with zero attached hydrogens (tertiary/aromatic N) is 3. The molecule has 0 aliphatic carbocycles. The number of nitrogens with two attached hydrogens (primary N) is 1. The van der Waals surface area contributed by atoms with E-state index in [1.54, 1.807) is 4.68 Å². The molecule has 0 aromatic carbocycles. The third kappa shape index (κ3) is 3.18. The standard InChI is InChI=1S/C11H16N6/c1-17-8-6-9(16-17)5-7-13-10-3-2-4-11(14-10)15-12/h2-4,6,8H,5,7,12H2,1H3,(H2,13,14,15). The lowest BCUT2D eigenvalue weighted by atomic mass is 10.3. The predicted molar refractivity (Wildman–Crippen MR) is 67.4 cm³/mol. The van der Waals surface area contributed by atoms with Gasteiger partial charge in [-0.3, -0.25) is 4.68 Å². The molecule has 17 heavy (non-hydrogen) atoms. The van der Waals surface area contributed by atoms with Crippen LogP contribution in [0.25, 0.3) is 0 Å². The van der Waals surface area contributed by atoms with E-state index in [1.165, 1.54) is 0 Å². The van der Waals surface area contributed by atoms with Gasteiger partial charge >= 0.3 is 0 Å². The zero-order valence-corrected chi connectivity index (χ0v) is 9.72. The van der Waals surface area contributed by atoms with Crippen molar-refractivity contribution in [3.8, 4) is 0 Å². The number of aryl methyl sites for hydroxylation is 1. The molecule has 90 valence electrons. The van der Waals surface area contributed by atoms with E-state index < -0.39 is 0 Å². The molecule has 4 N–H and O–H groups in total. The number of nitrogens with one attached hydrogen (secondary N) is 2. The van der Waals surface area contributed by atoms with Crippen LogP contribution in [0.5, 0.6) is 0 Å². The Morgan fingerprint density at radius 2 is 2.12 bits per heavy atom. The third-order valence-corrected chi connectivity index (χ3v) is 2.35. The first-order valence-corrected chi connectivity index (χ1v) is 5.44. The van der Waals surface area contributed by atoms with Crippen molar-refractivity contribution in [2.24, 2.45) is 12.9 Å². The number of aromatic nitrogens is 3. The van der Waals surface area contributed by atoms with Crippen molar-refractivity contribution < 1.29 is 0 Å². The Bertz CT molecular complexity index is 478. The summed E-state index contributed by atoms with van der Waals surface area (Å²) in [5, 5.41) is 7.52. The van der Waals surface area contributed by atoms with E-state index in [1.807, 2.05) is 37.5 Å². The summed E-state index contributed by atoms with van der Waals surface area (Å²) >= 11 is 0. The Kier molecular flexibility index (Phi) is 3.56. The molecule has 2 heterocycles. The predicted octanol–water partition coefficient (Wildman–Crippen LogP) is 0.755. The van der Waals surface area contributed by atoms with Crippen LogP contribution in [0.2, 0.25) is 0 Å². The van der Waals surface area contributed by atoms with Crippen LogP contribution >= 0.6 is 0 Å². The normalized spacial score (nSPS) is 10.2. The second-order valence-corrected chi connectivity index (χ2v) is 3.71. The lowest BCUT2D eigenvalue weighted by Gasteiger charge is -2.05. The van der Waals surface area contributed by atoms with Crippen LogP contribution in [0.1, 0.15) is 5.69 Å². The molecule has 2 aromatic rings. The molecule has 6 heteroatoms. The minimum atomic E-state index is 0.646. The van der Waals surface area contributed by atoms with Gasteiger partial charge in [-0.05, 0) is 18.2 Å². The Balaban J connectivity index is 1.85. The number of hydrogen-bond donors (Lipinski definition) is 3. The Labute approximate surface area is 99.8 Å². The van der Waals surface area contributed by atoms with E-state index in [9.17, 15) is 0 Å². The van der Waals surface area contributed by atoms with Crippen molar-refractivity contribution in [1.29, 1.82) is 0 Å². The highest BCUT2D eigenvalue weighted by atomic mass is 15.3. The zero-order valence-electron chi connectivity index (χ0n) is 9.72. The summed E-state index contributed by atoms with van der Waals surface area (Å²) in [6.07, 6.45) is 2.80. The summed E-state index contributed by atoms with van der Waals surface area (Å²) in [6.45, 7) is 0.790. The van der Waals surface area contributed by atoms with Crippen molar-refractivity contribution in [3.05, 3.63) is 36.2 Å². The Morgan fingerprint density at radius 1 is 1.29 bits per heavy atom. The second-order valence-electron chi connectivity index (χ2n) is 3.71. The van der Waals surface area contributed by atoms with E-state index in [2.05, 4.69) is 20.8 Å². The monoisotopic (exact) mass is 232 g/mol. The maximum Gasteiger partial charge on any atom is 0.142 e. The maximum absolute atomic E-state index is 5.29. The minimum Gasteiger partial charge on any atom is -0.370 e. The highest BCUT2D eigenvalue weighted by Gasteiger charge is 1.98. The van der Waals surface area contributed by atoms with E-state index in [0.29, 0.717) is 5.82 Å². The lowest BCUT2D eigenvalue weighted by molar-refractivity contribution is 0.742. The minimum absolute atomic E-state index is 0.646. The van der Waals surface area contributed by atoms with Crippen LogP contribution < -0.4 is 16.6 Å². The van der Waals surface area contributed by atoms with Crippen LogP contribution in [-0.2, 0) is 13.5 Å². The van der Waals surface area contributed by atoms with Gasteiger partial charge in [0.15, 0.2) is 0 Å². The molecule has 0 amide bonds. The van der Waals surface area contributed by atoms with E-state index in [0.717, 1.165) is 24.5 Å². The zero-order chi connectivity index (χ0) is 12.1. The Morgan fingerprint density at radius 3 is 2.82 bits per heavy atom. The molecule has 2 aromatic heterocycles. The second kappa shape index (κ2) is 5.31. The summed E-state index contributed by atoms with van der Waals surface area (Å²) in [7, 11) is 1.91. The van der Waals surface area contributed by atoms with Crippen LogP contribution in [0.4, 0.5) is 11.6 Å². The first-order valence-electron chi connectivity index (χ1n) is 5.44. The van der Waals surface area contributed by atoms with Crippen LogP contribution in [0.15, 0.2) is 30.5 Å². The van der Waals surface area contributed by atoms with Gasteiger partial charge in [0.1, 0.15) is 11.6 Å². The summed E-state index contributed by atoms with van der Waals surface area (Å²) in [6, 6.07) is 7.61. The summed E-state index contributed by atoms with van der Waals surface area (Å²) in [4.78, 5) is 4.25. The van der Waals surface area contributed by atoms with Crippen molar-refractivity contribution in [1.82, 2.24) is 14.8 Å². The number of anilines is 2. The number of nitrogen functional groups attached to an aromatic ring is 1. The fourth-order valence-corrected chi connectivity index (χ4v) is 1.53. The fourth-order valence-electron chi connectivity index (χ4n) is 1.53. The first kappa shape index (κ1) is 11.4. The molecule has 0 aliphatic heterocycles. The SMILES string of the molecule is Cn1ccc(CCNc2cccc(NN)n2)n1. The van der Waals surface area contributed by atoms with Crippen molar-refractivity contribution in [3.63, 3.8) is 0 Å². The smallest absolute Gasteiger partial charge is 0.142 e. The lowest BCUT2D eigenvalue weighted by Crippen LogP contribution is -2.11. The average molecular weight is 232 g/mol. The molecular weight excluding hydrogens is 216 g/mol. The fraction of sp³-hybridized carbons (Fsp3) is 0.273. The third-order valence-electron chi connectivity index (χ3n) is 2.35. The number of rotatable bonds is 5. The first-order chi connectivity index (χ1) is 8.28. The molecule has 0 saturated heterocycles. The molecule has 0 atom stereocenters. The molecule has 6 nitrogen and oxygen atoms in total. The quantitative estimate of drug-likeness (QED) is 0.523. The molecule has 0 aliphatic rings. The molecule has 0 bridgehead atoms. The van der Waals surface area contributed by atoms with E-state index in [-0.39, 0.29) is 0 Å². The van der Waals surface area contributed by atoms with Crippen LogP contribution in [0, 0.1) is 0 Å². The molecule has 0 spiro atoms. The van der Waals surface area contributed by atoms with Gasteiger partial charge in [0, 0.05) is 26.2 Å². The van der Waals surface area contributed by atoms with Gasteiger partial charge < -0.3 is 10.7 Å². The van der Waals surface area contributed by atoms with Crippen molar-refractivity contribution in [2.75, 3.05) is 17.3 Å². The highest BCUT2D eigenvalue weighted by Crippen LogP contribution is 2.07. The number of hydrazine groups is 1. The van der Waals surface area contributed by atoms with Crippen LogP contribution in [0.3, 0.4) is 0 Å². The molecule has 0 saturated carbocycles. The highest BCUT2D eigenvalue weighted by molar-refractivity contribution is 5.44. The largest absolute Gasteiger partial charge is 0.370 e. The van der Waals surface area contributed by atoms with Gasteiger partial charge in [-0.1, -0.05) is 6.07 Å². The number of hydrogen-bond acceptors (Lipinski definition) is 5.